The zero-order valence-electron chi connectivity index (χ0n) is 12.5. The van der Waals surface area contributed by atoms with Crippen LogP contribution in [-0.2, 0) is 20.7 Å². The molecule has 114 valence electrons. The van der Waals surface area contributed by atoms with Gasteiger partial charge in [0.15, 0.2) is 0 Å². The first-order valence-corrected chi connectivity index (χ1v) is 7.27. The summed E-state index contributed by atoms with van der Waals surface area (Å²) in [4.78, 5) is 23.9. The molecule has 1 aromatic carbocycles. The maximum atomic E-state index is 12.0. The Labute approximate surface area is 125 Å². The molecule has 1 heterocycles. The summed E-state index contributed by atoms with van der Waals surface area (Å²) in [6, 6.07) is 7.78. The third-order valence-electron chi connectivity index (χ3n) is 3.66. The summed E-state index contributed by atoms with van der Waals surface area (Å²) >= 11 is 0. The van der Waals surface area contributed by atoms with Crippen LogP contribution in [0.15, 0.2) is 24.3 Å². The SMILES string of the molecule is COCC(C)NC(=O)CCC1Cc2ccccc2NC1=O. The minimum atomic E-state index is -0.136. The Morgan fingerprint density at radius 1 is 1.48 bits per heavy atom. The van der Waals surface area contributed by atoms with Crippen LogP contribution in [-0.4, -0.2) is 31.6 Å². The number of hydrogen-bond acceptors (Lipinski definition) is 3. The van der Waals surface area contributed by atoms with E-state index in [1.165, 1.54) is 0 Å². The second-order valence-electron chi connectivity index (χ2n) is 5.51. The molecule has 5 nitrogen and oxygen atoms in total. The van der Waals surface area contributed by atoms with E-state index in [9.17, 15) is 9.59 Å². The molecule has 21 heavy (non-hydrogen) atoms. The molecule has 5 heteroatoms. The van der Waals surface area contributed by atoms with Crippen LogP contribution in [0.5, 0.6) is 0 Å². The molecule has 2 atom stereocenters. The molecule has 0 fully saturated rings. The van der Waals surface area contributed by atoms with Crippen molar-refractivity contribution in [3.8, 4) is 0 Å². The zero-order valence-corrected chi connectivity index (χ0v) is 12.5. The second kappa shape index (κ2) is 7.22. The fraction of sp³-hybridized carbons (Fsp3) is 0.500. The molecular weight excluding hydrogens is 268 g/mol. The predicted molar refractivity (Wildman–Crippen MR) is 81.0 cm³/mol. The van der Waals surface area contributed by atoms with Gasteiger partial charge in [0, 0.05) is 31.2 Å². The van der Waals surface area contributed by atoms with Gasteiger partial charge in [-0.2, -0.15) is 0 Å². The number of benzene rings is 1. The van der Waals surface area contributed by atoms with Crippen molar-refractivity contribution in [3.05, 3.63) is 29.8 Å². The fourth-order valence-corrected chi connectivity index (χ4v) is 2.59. The number of fused-ring (bicyclic) bond motifs is 1. The number of nitrogens with one attached hydrogen (secondary N) is 2. The summed E-state index contributed by atoms with van der Waals surface area (Å²) in [5.74, 6) is -0.166. The first-order chi connectivity index (χ1) is 10.1. The molecule has 0 aromatic heterocycles. The lowest BCUT2D eigenvalue weighted by Gasteiger charge is -2.24. The molecule has 0 aliphatic carbocycles. The number of amides is 2. The van der Waals surface area contributed by atoms with Crippen LogP contribution in [0.3, 0.4) is 0 Å². The summed E-state index contributed by atoms with van der Waals surface area (Å²) in [7, 11) is 1.60. The van der Waals surface area contributed by atoms with Crippen LogP contribution in [0.1, 0.15) is 25.3 Å². The van der Waals surface area contributed by atoms with Crippen molar-refractivity contribution in [1.82, 2.24) is 5.32 Å². The molecule has 0 saturated carbocycles. The lowest BCUT2D eigenvalue weighted by Crippen LogP contribution is -2.36. The Morgan fingerprint density at radius 2 is 2.24 bits per heavy atom. The highest BCUT2D eigenvalue weighted by molar-refractivity contribution is 5.96. The van der Waals surface area contributed by atoms with E-state index in [-0.39, 0.29) is 23.8 Å². The third-order valence-corrected chi connectivity index (χ3v) is 3.66. The van der Waals surface area contributed by atoms with Crippen molar-refractivity contribution in [1.29, 1.82) is 0 Å². The number of methoxy groups -OCH3 is 1. The summed E-state index contributed by atoms with van der Waals surface area (Å²) in [6.07, 6.45) is 1.61. The van der Waals surface area contributed by atoms with Gasteiger partial charge in [-0.1, -0.05) is 18.2 Å². The van der Waals surface area contributed by atoms with Crippen LogP contribution >= 0.6 is 0 Å². The number of anilines is 1. The standard InChI is InChI=1S/C16H22N2O3/c1-11(10-21-2)17-15(19)8-7-13-9-12-5-3-4-6-14(12)18-16(13)20/h3-6,11,13H,7-10H2,1-2H3,(H,17,19)(H,18,20). The van der Waals surface area contributed by atoms with Gasteiger partial charge in [-0.15, -0.1) is 0 Å². The zero-order chi connectivity index (χ0) is 15.2. The maximum absolute atomic E-state index is 12.0. The van der Waals surface area contributed by atoms with Crippen LogP contribution in [0.2, 0.25) is 0 Å². The summed E-state index contributed by atoms with van der Waals surface area (Å²) in [5.41, 5.74) is 2.02. The van der Waals surface area contributed by atoms with E-state index >= 15 is 0 Å². The Balaban J connectivity index is 1.84. The van der Waals surface area contributed by atoms with Crippen LogP contribution in [0.25, 0.3) is 0 Å². The van der Waals surface area contributed by atoms with E-state index in [1.54, 1.807) is 7.11 Å². The number of ether oxygens (including phenoxy) is 1. The van der Waals surface area contributed by atoms with Gasteiger partial charge in [0.1, 0.15) is 0 Å². The van der Waals surface area contributed by atoms with E-state index in [4.69, 9.17) is 4.74 Å². The number of hydrogen-bond donors (Lipinski definition) is 2. The molecule has 1 aliphatic heterocycles. The quantitative estimate of drug-likeness (QED) is 0.838. The Hall–Kier alpha value is -1.88. The first kappa shape index (κ1) is 15.5. The van der Waals surface area contributed by atoms with E-state index < -0.39 is 0 Å². The van der Waals surface area contributed by atoms with E-state index in [1.807, 2.05) is 31.2 Å². The van der Waals surface area contributed by atoms with Crippen molar-refractivity contribution in [3.63, 3.8) is 0 Å². The van der Waals surface area contributed by atoms with Crippen LogP contribution in [0.4, 0.5) is 5.69 Å². The molecule has 2 unspecified atom stereocenters. The molecule has 2 rings (SSSR count). The number of carbonyl (C=O) groups excluding carboxylic acids is 2. The molecule has 1 aliphatic rings. The number of carbonyl (C=O) groups is 2. The van der Waals surface area contributed by atoms with Gasteiger partial charge in [0.25, 0.3) is 0 Å². The largest absolute Gasteiger partial charge is 0.383 e. The van der Waals surface area contributed by atoms with Gasteiger partial charge >= 0.3 is 0 Å². The van der Waals surface area contributed by atoms with Crippen LogP contribution in [0, 0.1) is 5.92 Å². The van der Waals surface area contributed by atoms with Crippen molar-refractivity contribution in [2.75, 3.05) is 19.0 Å². The third kappa shape index (κ3) is 4.29. The van der Waals surface area contributed by atoms with Gasteiger partial charge in [-0.25, -0.2) is 0 Å². The first-order valence-electron chi connectivity index (χ1n) is 7.27. The van der Waals surface area contributed by atoms with E-state index in [0.717, 1.165) is 11.3 Å². The van der Waals surface area contributed by atoms with E-state index in [2.05, 4.69) is 10.6 Å². The fourth-order valence-electron chi connectivity index (χ4n) is 2.59. The highest BCUT2D eigenvalue weighted by Crippen LogP contribution is 2.27. The summed E-state index contributed by atoms with van der Waals surface area (Å²) in [6.45, 7) is 2.38. The van der Waals surface area contributed by atoms with Crippen molar-refractivity contribution >= 4 is 17.5 Å². The predicted octanol–water partition coefficient (Wildman–Crippen LogP) is 1.73. The van der Waals surface area contributed by atoms with Gasteiger partial charge in [0.2, 0.25) is 11.8 Å². The molecule has 0 bridgehead atoms. The Bertz CT molecular complexity index is 516. The average Bonchev–Trinajstić information content (AvgIpc) is 2.45. The highest BCUT2D eigenvalue weighted by Gasteiger charge is 2.26. The smallest absolute Gasteiger partial charge is 0.227 e. The van der Waals surface area contributed by atoms with Gasteiger partial charge in [-0.3, -0.25) is 9.59 Å². The normalized spacial score (nSPS) is 18.6. The highest BCUT2D eigenvalue weighted by atomic mass is 16.5. The monoisotopic (exact) mass is 290 g/mol. The molecule has 0 radical (unpaired) electrons. The Kier molecular flexibility index (Phi) is 5.33. The second-order valence-corrected chi connectivity index (χ2v) is 5.51. The Morgan fingerprint density at radius 3 is 3.00 bits per heavy atom. The van der Waals surface area contributed by atoms with Gasteiger partial charge in [-0.05, 0) is 31.4 Å². The van der Waals surface area contributed by atoms with E-state index in [0.29, 0.717) is 25.9 Å². The average molecular weight is 290 g/mol. The van der Waals surface area contributed by atoms with Crippen molar-refractivity contribution in [2.45, 2.75) is 32.2 Å². The number of para-hydroxylation sites is 1. The lowest BCUT2D eigenvalue weighted by atomic mass is 9.89. The summed E-state index contributed by atoms with van der Waals surface area (Å²) < 4.78 is 4.98. The molecule has 1 aromatic rings. The van der Waals surface area contributed by atoms with Crippen LogP contribution < -0.4 is 10.6 Å². The minimum absolute atomic E-state index is 0.00596. The molecule has 2 N–H and O–H groups in total. The van der Waals surface area contributed by atoms with Gasteiger partial charge in [0.05, 0.1) is 6.61 Å². The number of rotatable bonds is 6. The molecule has 0 spiro atoms. The maximum Gasteiger partial charge on any atom is 0.227 e. The van der Waals surface area contributed by atoms with Crippen molar-refractivity contribution < 1.29 is 14.3 Å². The molecular formula is C16H22N2O3. The van der Waals surface area contributed by atoms with Gasteiger partial charge < -0.3 is 15.4 Å². The minimum Gasteiger partial charge on any atom is -0.383 e. The topological polar surface area (TPSA) is 67.4 Å². The lowest BCUT2D eigenvalue weighted by molar-refractivity contribution is -0.123. The summed E-state index contributed by atoms with van der Waals surface area (Å²) in [5, 5.41) is 5.76. The molecule has 2 amide bonds. The van der Waals surface area contributed by atoms with Crippen molar-refractivity contribution in [2.24, 2.45) is 5.92 Å². The molecule has 0 saturated heterocycles.